The SMILES string of the molecule is CC1(C)[C@@H]2C=C/C(=N/Nc3ccccc3)[C@@]1(C)CC2. The minimum absolute atomic E-state index is 0.189. The van der Waals surface area contributed by atoms with E-state index in [-0.39, 0.29) is 5.41 Å². The number of hydrogen-bond donors (Lipinski definition) is 1. The van der Waals surface area contributed by atoms with Crippen LogP contribution < -0.4 is 5.43 Å². The number of hydrazone groups is 1. The van der Waals surface area contributed by atoms with Crippen LogP contribution in [0.25, 0.3) is 0 Å². The monoisotopic (exact) mass is 254 g/mol. The predicted molar refractivity (Wildman–Crippen MR) is 81.3 cm³/mol. The molecule has 0 aliphatic heterocycles. The quantitative estimate of drug-likeness (QED) is 0.774. The highest BCUT2D eigenvalue weighted by atomic mass is 15.3. The van der Waals surface area contributed by atoms with Gasteiger partial charge >= 0.3 is 0 Å². The topological polar surface area (TPSA) is 24.4 Å². The van der Waals surface area contributed by atoms with Gasteiger partial charge in [0.25, 0.3) is 0 Å². The second-order valence-electron chi connectivity index (χ2n) is 6.53. The van der Waals surface area contributed by atoms with E-state index in [0.717, 1.165) is 5.69 Å². The molecule has 2 bridgehead atoms. The third-order valence-electron chi connectivity index (χ3n) is 5.44. The number of benzene rings is 1. The number of anilines is 1. The third-order valence-corrected chi connectivity index (χ3v) is 5.44. The van der Waals surface area contributed by atoms with E-state index < -0.39 is 0 Å². The molecule has 0 spiro atoms. The Morgan fingerprint density at radius 1 is 1.16 bits per heavy atom. The second kappa shape index (κ2) is 4.22. The van der Waals surface area contributed by atoms with E-state index >= 15 is 0 Å². The van der Waals surface area contributed by atoms with E-state index in [0.29, 0.717) is 11.3 Å². The number of rotatable bonds is 2. The van der Waals surface area contributed by atoms with Gasteiger partial charge in [0.2, 0.25) is 0 Å². The van der Waals surface area contributed by atoms with Gasteiger partial charge in [0, 0.05) is 5.41 Å². The lowest BCUT2D eigenvalue weighted by Crippen LogP contribution is -2.42. The predicted octanol–water partition coefficient (Wildman–Crippen LogP) is 4.47. The fourth-order valence-electron chi connectivity index (χ4n) is 3.52. The third kappa shape index (κ3) is 1.81. The van der Waals surface area contributed by atoms with Crippen molar-refractivity contribution in [2.45, 2.75) is 33.6 Å². The molecule has 0 unspecified atom stereocenters. The van der Waals surface area contributed by atoms with Crippen molar-refractivity contribution >= 4 is 11.4 Å². The molecule has 1 aromatic carbocycles. The van der Waals surface area contributed by atoms with Crippen LogP contribution in [-0.2, 0) is 0 Å². The molecular formula is C17H22N2. The fourth-order valence-corrected chi connectivity index (χ4v) is 3.52. The Kier molecular flexibility index (Phi) is 2.77. The molecule has 1 fully saturated rings. The largest absolute Gasteiger partial charge is 0.278 e. The summed E-state index contributed by atoms with van der Waals surface area (Å²) in [5.74, 6) is 0.702. The maximum absolute atomic E-state index is 4.68. The number of nitrogens with one attached hydrogen (secondary N) is 1. The Labute approximate surface area is 115 Å². The average Bonchev–Trinajstić information content (AvgIpc) is 2.55. The van der Waals surface area contributed by atoms with Crippen molar-refractivity contribution in [3.05, 3.63) is 42.5 Å². The lowest BCUT2D eigenvalue weighted by atomic mass is 9.61. The summed E-state index contributed by atoms with van der Waals surface area (Å²) in [4.78, 5) is 0. The van der Waals surface area contributed by atoms with Gasteiger partial charge in [0.15, 0.2) is 0 Å². The van der Waals surface area contributed by atoms with Crippen molar-refractivity contribution in [1.29, 1.82) is 0 Å². The summed E-state index contributed by atoms with van der Waals surface area (Å²) in [5, 5.41) is 4.68. The maximum atomic E-state index is 4.68. The summed E-state index contributed by atoms with van der Waals surface area (Å²) < 4.78 is 0. The Bertz CT molecular complexity index is 527. The molecule has 0 aromatic heterocycles. The number of para-hydroxylation sites is 1. The van der Waals surface area contributed by atoms with Crippen LogP contribution in [0.4, 0.5) is 5.69 Å². The molecule has 2 aliphatic rings. The van der Waals surface area contributed by atoms with Crippen LogP contribution in [0.5, 0.6) is 0 Å². The first kappa shape index (κ1) is 12.5. The number of hydrogen-bond acceptors (Lipinski definition) is 2. The van der Waals surface area contributed by atoms with E-state index in [1.54, 1.807) is 0 Å². The van der Waals surface area contributed by atoms with Crippen LogP contribution >= 0.6 is 0 Å². The molecule has 1 N–H and O–H groups in total. The summed E-state index contributed by atoms with van der Waals surface area (Å²) in [5.41, 5.74) is 5.93. The summed E-state index contributed by atoms with van der Waals surface area (Å²) in [7, 11) is 0. The molecule has 19 heavy (non-hydrogen) atoms. The molecule has 2 nitrogen and oxygen atoms in total. The molecular weight excluding hydrogens is 232 g/mol. The Morgan fingerprint density at radius 2 is 1.89 bits per heavy atom. The molecule has 0 amide bonds. The van der Waals surface area contributed by atoms with Gasteiger partial charge in [0.1, 0.15) is 0 Å². The van der Waals surface area contributed by atoms with Gasteiger partial charge in [-0.15, -0.1) is 0 Å². The van der Waals surface area contributed by atoms with Gasteiger partial charge < -0.3 is 0 Å². The highest BCUT2D eigenvalue weighted by Crippen LogP contribution is 2.59. The van der Waals surface area contributed by atoms with Gasteiger partial charge in [-0.05, 0) is 42.4 Å². The molecule has 0 heterocycles. The van der Waals surface area contributed by atoms with Crippen molar-refractivity contribution in [2.75, 3.05) is 5.43 Å². The van der Waals surface area contributed by atoms with Crippen LogP contribution in [0.15, 0.2) is 47.6 Å². The lowest BCUT2D eigenvalue weighted by molar-refractivity contribution is 0.174. The number of fused-ring (bicyclic) bond motifs is 2. The first-order valence-electron chi connectivity index (χ1n) is 7.11. The van der Waals surface area contributed by atoms with E-state index in [1.165, 1.54) is 18.6 Å². The summed E-state index contributed by atoms with van der Waals surface area (Å²) in [6.07, 6.45) is 7.08. The van der Waals surface area contributed by atoms with Gasteiger partial charge in [-0.1, -0.05) is 45.0 Å². The first-order valence-corrected chi connectivity index (χ1v) is 7.11. The van der Waals surface area contributed by atoms with Crippen molar-refractivity contribution in [3.8, 4) is 0 Å². The smallest absolute Gasteiger partial charge is 0.0668 e. The normalized spacial score (nSPS) is 33.6. The molecule has 2 atom stereocenters. The molecule has 3 rings (SSSR count). The number of nitrogens with zero attached hydrogens (tertiary/aromatic N) is 1. The molecule has 0 radical (unpaired) electrons. The molecule has 0 saturated heterocycles. The molecule has 2 aliphatic carbocycles. The molecule has 1 saturated carbocycles. The number of allylic oxidation sites excluding steroid dienone is 2. The molecule has 100 valence electrons. The van der Waals surface area contributed by atoms with E-state index in [9.17, 15) is 0 Å². The van der Waals surface area contributed by atoms with E-state index in [1.807, 2.05) is 30.3 Å². The van der Waals surface area contributed by atoms with Gasteiger partial charge in [0.05, 0.1) is 11.4 Å². The Hall–Kier alpha value is -1.57. The van der Waals surface area contributed by atoms with Crippen LogP contribution in [0.1, 0.15) is 33.6 Å². The zero-order chi connectivity index (χ0) is 13.5. The van der Waals surface area contributed by atoms with Crippen molar-refractivity contribution in [1.82, 2.24) is 0 Å². The van der Waals surface area contributed by atoms with Crippen LogP contribution in [0.3, 0.4) is 0 Å². The first-order chi connectivity index (χ1) is 9.04. The van der Waals surface area contributed by atoms with Crippen LogP contribution in [-0.4, -0.2) is 5.71 Å². The lowest BCUT2D eigenvalue weighted by Gasteiger charge is -2.43. The highest BCUT2D eigenvalue weighted by molar-refractivity contribution is 6.01. The van der Waals surface area contributed by atoms with Crippen molar-refractivity contribution in [3.63, 3.8) is 0 Å². The highest BCUT2D eigenvalue weighted by Gasteiger charge is 2.54. The van der Waals surface area contributed by atoms with Gasteiger partial charge in [-0.25, -0.2) is 0 Å². The average molecular weight is 254 g/mol. The van der Waals surface area contributed by atoms with Crippen molar-refractivity contribution in [2.24, 2.45) is 21.8 Å². The zero-order valence-electron chi connectivity index (χ0n) is 12.0. The summed E-state index contributed by atoms with van der Waals surface area (Å²) >= 11 is 0. The standard InChI is InChI=1S/C17H22N2/c1-16(2)13-9-10-15(17(16,3)12-11-13)19-18-14-7-5-4-6-8-14/h4-10,13,18H,11-12H2,1-3H3/b19-15-/t13-,17-/m1/s1. The minimum atomic E-state index is 0.189. The van der Waals surface area contributed by atoms with Crippen LogP contribution in [0, 0.1) is 16.7 Å². The van der Waals surface area contributed by atoms with E-state index in [4.69, 9.17) is 0 Å². The Morgan fingerprint density at radius 3 is 2.63 bits per heavy atom. The summed E-state index contributed by atoms with van der Waals surface area (Å²) in [6, 6.07) is 10.2. The van der Waals surface area contributed by atoms with E-state index in [2.05, 4.69) is 43.5 Å². The second-order valence-corrected chi connectivity index (χ2v) is 6.53. The summed E-state index contributed by atoms with van der Waals surface area (Å²) in [6.45, 7) is 7.13. The fraction of sp³-hybridized carbons (Fsp3) is 0.471. The molecule has 2 heteroatoms. The van der Waals surface area contributed by atoms with Gasteiger partial charge in [-0.3, -0.25) is 5.43 Å². The van der Waals surface area contributed by atoms with Crippen molar-refractivity contribution < 1.29 is 0 Å². The minimum Gasteiger partial charge on any atom is -0.278 e. The van der Waals surface area contributed by atoms with Crippen LogP contribution in [0.2, 0.25) is 0 Å². The van der Waals surface area contributed by atoms with Gasteiger partial charge in [-0.2, -0.15) is 5.10 Å². The Balaban J connectivity index is 1.89. The molecule has 1 aromatic rings. The zero-order valence-corrected chi connectivity index (χ0v) is 12.0. The maximum Gasteiger partial charge on any atom is 0.0668 e.